The van der Waals surface area contributed by atoms with Crippen LogP contribution in [-0.4, -0.2) is 58.6 Å². The fraction of sp³-hybridized carbons (Fsp3) is 0.556. The van der Waals surface area contributed by atoms with Crippen LogP contribution in [0.3, 0.4) is 0 Å². The standard InChI is InChI=1S/C9H12F2N5O14P3/c10-9(11)5(18)8(14-15-12,28-6(9)16-2-1-4(17)13-7(16)19)3-27-32(23,24)30-33(25,26)29-31(20,21)22/h1-2,5-6,18H,3H2,(H,23,24)(H,25,26)(H,13,17,19)(H2,20,21,22)/t5-,6?,8-/m1/s1. The number of aliphatic hydroxyl groups excluding tert-OH is 1. The lowest BCUT2D eigenvalue weighted by Gasteiger charge is -2.27. The molecule has 1 aliphatic heterocycles. The molecule has 1 saturated heterocycles. The number of rotatable bonds is 9. The second-order valence-electron chi connectivity index (χ2n) is 5.96. The Morgan fingerprint density at radius 3 is 2.33 bits per heavy atom. The number of halogens is 2. The molecule has 0 amide bonds. The van der Waals surface area contributed by atoms with Gasteiger partial charge in [0, 0.05) is 17.2 Å². The van der Waals surface area contributed by atoms with Crippen molar-refractivity contribution in [1.82, 2.24) is 9.55 Å². The lowest BCUT2D eigenvalue weighted by Crippen LogP contribution is -2.48. The van der Waals surface area contributed by atoms with Crippen molar-refractivity contribution >= 4 is 23.5 Å². The van der Waals surface area contributed by atoms with E-state index >= 15 is 0 Å². The largest absolute Gasteiger partial charge is 0.490 e. The summed E-state index contributed by atoms with van der Waals surface area (Å²) in [7, 11) is -17.6. The number of aromatic amines is 1. The summed E-state index contributed by atoms with van der Waals surface area (Å²) in [6.07, 6.45) is -5.43. The predicted molar refractivity (Wildman–Crippen MR) is 94.1 cm³/mol. The first-order valence-electron chi connectivity index (χ1n) is 7.74. The molecule has 0 bridgehead atoms. The van der Waals surface area contributed by atoms with Gasteiger partial charge >= 0.3 is 35.1 Å². The number of phosphoric ester groups is 1. The smallest absolute Gasteiger partial charge is 0.383 e. The van der Waals surface area contributed by atoms with Gasteiger partial charge in [0.1, 0.15) is 0 Å². The Hall–Kier alpha value is -1.82. The van der Waals surface area contributed by atoms with Crippen LogP contribution < -0.4 is 11.2 Å². The molecular formula is C9H12F2N5O14P3. The van der Waals surface area contributed by atoms with Gasteiger partial charge in [-0.15, -0.1) is 0 Å². The van der Waals surface area contributed by atoms with Gasteiger partial charge < -0.3 is 29.4 Å². The number of hydrogen-bond acceptors (Lipinski definition) is 11. The molecule has 2 rings (SSSR count). The van der Waals surface area contributed by atoms with Crippen LogP contribution in [0.4, 0.5) is 8.78 Å². The topological polar surface area (TPSA) is 293 Å². The molecule has 1 aromatic heterocycles. The molecule has 33 heavy (non-hydrogen) atoms. The first-order valence-corrected chi connectivity index (χ1v) is 12.3. The number of alkyl halides is 2. The van der Waals surface area contributed by atoms with E-state index in [0.717, 1.165) is 0 Å². The maximum atomic E-state index is 14.6. The zero-order valence-electron chi connectivity index (χ0n) is 15.3. The summed E-state index contributed by atoms with van der Waals surface area (Å²) in [5.41, 5.74) is 2.95. The van der Waals surface area contributed by atoms with E-state index in [1.54, 1.807) is 4.98 Å². The minimum atomic E-state index is -5.98. The monoisotopic (exact) mass is 545 g/mol. The Morgan fingerprint density at radius 1 is 1.21 bits per heavy atom. The molecule has 0 saturated carbocycles. The van der Waals surface area contributed by atoms with E-state index in [-0.39, 0.29) is 4.57 Å². The first kappa shape index (κ1) is 27.4. The molecule has 0 aromatic carbocycles. The number of ether oxygens (including phenoxy) is 1. The Labute approximate surface area is 178 Å². The summed E-state index contributed by atoms with van der Waals surface area (Å²) < 4.78 is 78.8. The Bertz CT molecular complexity index is 1220. The minimum absolute atomic E-state index is 0.0735. The number of phosphoric acid groups is 3. The predicted octanol–water partition coefficient (Wildman–Crippen LogP) is -0.589. The van der Waals surface area contributed by atoms with Crippen LogP contribution in [0.5, 0.6) is 0 Å². The van der Waals surface area contributed by atoms with Gasteiger partial charge in [-0.2, -0.15) is 17.4 Å². The number of aromatic nitrogens is 2. The molecule has 1 aromatic rings. The van der Waals surface area contributed by atoms with Gasteiger partial charge in [0.25, 0.3) is 5.56 Å². The van der Waals surface area contributed by atoms with Gasteiger partial charge in [-0.25, -0.2) is 18.5 Å². The Kier molecular flexibility index (Phi) is 7.55. The van der Waals surface area contributed by atoms with E-state index < -0.39 is 65.3 Å². The molecule has 1 aliphatic rings. The average molecular weight is 545 g/mol. The lowest BCUT2D eigenvalue weighted by atomic mass is 10.1. The highest BCUT2D eigenvalue weighted by Gasteiger charge is 2.67. The number of azide groups is 1. The maximum Gasteiger partial charge on any atom is 0.490 e. The second kappa shape index (κ2) is 9.09. The highest BCUT2D eigenvalue weighted by atomic mass is 31.3. The number of nitrogens with zero attached hydrogens (tertiary/aromatic N) is 4. The zero-order chi connectivity index (χ0) is 25.5. The third-order valence-electron chi connectivity index (χ3n) is 3.60. The molecule has 6 N–H and O–H groups in total. The van der Waals surface area contributed by atoms with E-state index in [2.05, 4.69) is 23.2 Å². The Morgan fingerprint density at radius 2 is 1.82 bits per heavy atom. The van der Waals surface area contributed by atoms with Crippen LogP contribution in [0, 0.1) is 0 Å². The summed E-state index contributed by atoms with van der Waals surface area (Å²) >= 11 is 0. The highest BCUT2D eigenvalue weighted by molar-refractivity contribution is 7.66. The van der Waals surface area contributed by atoms with Crippen molar-refractivity contribution in [3.8, 4) is 0 Å². The van der Waals surface area contributed by atoms with Crippen LogP contribution in [0.25, 0.3) is 10.4 Å². The van der Waals surface area contributed by atoms with Crippen molar-refractivity contribution in [3.63, 3.8) is 0 Å². The van der Waals surface area contributed by atoms with E-state index in [1.165, 1.54) is 0 Å². The number of hydrogen-bond donors (Lipinski definition) is 6. The van der Waals surface area contributed by atoms with Crippen molar-refractivity contribution in [2.75, 3.05) is 6.61 Å². The summed E-state index contributed by atoms with van der Waals surface area (Å²) in [4.78, 5) is 62.1. The van der Waals surface area contributed by atoms with Crippen LogP contribution in [0.15, 0.2) is 27.0 Å². The molecule has 1 fully saturated rings. The van der Waals surface area contributed by atoms with Crippen LogP contribution in [-0.2, 0) is 31.6 Å². The van der Waals surface area contributed by atoms with Gasteiger partial charge in [-0.3, -0.25) is 18.9 Å². The van der Waals surface area contributed by atoms with Gasteiger partial charge in [-0.05, 0) is 5.53 Å². The number of H-pyrrole nitrogens is 1. The van der Waals surface area contributed by atoms with Crippen LogP contribution in [0.2, 0.25) is 0 Å². The van der Waals surface area contributed by atoms with Crippen LogP contribution >= 0.6 is 23.5 Å². The molecule has 24 heteroatoms. The zero-order valence-corrected chi connectivity index (χ0v) is 18.0. The fourth-order valence-corrected chi connectivity index (χ4v) is 5.44. The lowest BCUT2D eigenvalue weighted by molar-refractivity contribution is -0.144. The van der Waals surface area contributed by atoms with Gasteiger partial charge in [0.15, 0.2) is 6.10 Å². The SMILES string of the molecule is [N-]=[N+]=N[C@]1(COP(=O)(O)OP(=O)(O)OP(=O)(O)O)OC(n2ccc(=O)[nH]c2=O)C(F)(F)[C@@H]1O. The van der Waals surface area contributed by atoms with Gasteiger partial charge in [0.05, 0.1) is 6.61 Å². The van der Waals surface area contributed by atoms with Gasteiger partial charge in [-0.1, -0.05) is 5.11 Å². The minimum Gasteiger partial charge on any atom is -0.383 e. The first-order chi connectivity index (χ1) is 14.8. The van der Waals surface area contributed by atoms with Crippen LogP contribution in [0.1, 0.15) is 6.23 Å². The van der Waals surface area contributed by atoms with Gasteiger partial charge in [0.2, 0.25) is 12.0 Å². The third kappa shape index (κ3) is 6.40. The van der Waals surface area contributed by atoms with Crippen molar-refractivity contribution in [2.24, 2.45) is 5.11 Å². The molecular weight excluding hydrogens is 533 g/mol. The molecule has 2 heterocycles. The molecule has 3 unspecified atom stereocenters. The molecule has 0 spiro atoms. The molecule has 0 radical (unpaired) electrons. The number of nitrogens with one attached hydrogen (secondary N) is 1. The molecule has 186 valence electrons. The highest BCUT2D eigenvalue weighted by Crippen LogP contribution is 2.66. The fourth-order valence-electron chi connectivity index (χ4n) is 2.40. The van der Waals surface area contributed by atoms with E-state index in [9.17, 15) is 42.1 Å². The summed E-state index contributed by atoms with van der Waals surface area (Å²) in [5.74, 6) is -4.48. The third-order valence-corrected chi connectivity index (χ3v) is 7.39. The second-order valence-corrected chi connectivity index (χ2v) is 10.4. The van der Waals surface area contributed by atoms with Crippen molar-refractivity contribution in [2.45, 2.75) is 24.0 Å². The summed E-state index contributed by atoms with van der Waals surface area (Å²) in [5, 5.41) is 12.8. The van der Waals surface area contributed by atoms with E-state index in [1.807, 2.05) is 0 Å². The molecule has 5 atom stereocenters. The van der Waals surface area contributed by atoms with Crippen molar-refractivity contribution < 1.29 is 65.0 Å². The molecule has 19 nitrogen and oxygen atoms in total. The van der Waals surface area contributed by atoms with E-state index in [0.29, 0.717) is 12.3 Å². The Balaban J connectivity index is 2.36. The van der Waals surface area contributed by atoms with E-state index in [4.69, 9.17) is 24.9 Å². The summed E-state index contributed by atoms with van der Waals surface area (Å²) in [6, 6.07) is 0.618. The van der Waals surface area contributed by atoms with Crippen molar-refractivity contribution in [3.05, 3.63) is 43.5 Å². The normalized spacial score (nSPS) is 28.5. The summed E-state index contributed by atoms with van der Waals surface area (Å²) in [6.45, 7) is -1.80. The maximum absolute atomic E-state index is 14.6. The number of aliphatic hydroxyl groups is 1. The molecule has 0 aliphatic carbocycles. The average Bonchev–Trinajstić information content (AvgIpc) is 2.79. The quantitative estimate of drug-likeness (QED) is 0.0979. The van der Waals surface area contributed by atoms with Crippen molar-refractivity contribution in [1.29, 1.82) is 0 Å².